The number of aromatic nitrogens is 4. The first-order valence-corrected chi connectivity index (χ1v) is 14.5. The van der Waals surface area contributed by atoms with Crippen molar-refractivity contribution in [3.8, 4) is 0 Å². The summed E-state index contributed by atoms with van der Waals surface area (Å²) < 4.78 is 77.2. The van der Waals surface area contributed by atoms with Crippen LogP contribution in [0.4, 0.5) is 31.2 Å². The minimum Gasteiger partial charge on any atom is -0.394 e. The lowest BCUT2D eigenvalue weighted by atomic mass is 9.76. The number of halogens is 5. The van der Waals surface area contributed by atoms with Crippen LogP contribution in [0.25, 0.3) is 0 Å². The number of hydrogen-bond acceptors (Lipinski definition) is 8. The third-order valence-electron chi connectivity index (χ3n) is 7.11. The van der Waals surface area contributed by atoms with Gasteiger partial charge in [0.2, 0.25) is 5.95 Å². The highest BCUT2D eigenvalue weighted by Crippen LogP contribution is 3.01. The fourth-order valence-electron chi connectivity index (χ4n) is 4.88. The number of piperidine rings is 1. The van der Waals surface area contributed by atoms with Gasteiger partial charge in [0, 0.05) is 31.3 Å². The van der Waals surface area contributed by atoms with Gasteiger partial charge in [-0.3, -0.25) is 4.21 Å². The van der Waals surface area contributed by atoms with E-state index in [-0.39, 0.29) is 30.7 Å². The summed E-state index contributed by atoms with van der Waals surface area (Å²) in [6.45, 7) is 1.45. The van der Waals surface area contributed by atoms with Crippen LogP contribution in [0, 0.1) is 0 Å². The Labute approximate surface area is 201 Å². The Hall–Kier alpha value is -2.13. The SMILES string of the molecule is O=[S@@]1CCN(C2(CO)CCC2)c2nc(N3CCC(c4ncc(S(F)(F)(F)(F)F)cn4)CC3)ncc21. The number of rotatable bonds is 5. The lowest BCUT2D eigenvalue weighted by Gasteiger charge is -2.51. The van der Waals surface area contributed by atoms with Crippen LogP contribution in [-0.2, 0) is 10.8 Å². The van der Waals surface area contributed by atoms with Crippen molar-refractivity contribution >= 4 is 32.8 Å². The van der Waals surface area contributed by atoms with Gasteiger partial charge in [0.1, 0.15) is 10.7 Å². The minimum absolute atomic E-state index is 0.00932. The number of anilines is 2. The first-order chi connectivity index (χ1) is 16.3. The molecule has 2 aliphatic heterocycles. The Morgan fingerprint density at radius 3 is 2.23 bits per heavy atom. The number of aliphatic hydroxyl groups excluding tert-OH is 1. The zero-order valence-electron chi connectivity index (χ0n) is 18.6. The number of hydrogen-bond donors (Lipinski definition) is 1. The van der Waals surface area contributed by atoms with Crippen LogP contribution in [0.1, 0.15) is 43.8 Å². The lowest BCUT2D eigenvalue weighted by Crippen LogP contribution is -2.59. The van der Waals surface area contributed by atoms with Crippen molar-refractivity contribution in [2.24, 2.45) is 0 Å². The molecule has 4 heterocycles. The van der Waals surface area contributed by atoms with Crippen LogP contribution in [0.15, 0.2) is 28.4 Å². The third-order valence-corrected chi connectivity index (χ3v) is 9.55. The van der Waals surface area contributed by atoms with E-state index >= 15 is 0 Å². The molecule has 2 aromatic heterocycles. The van der Waals surface area contributed by atoms with Crippen LogP contribution in [0.2, 0.25) is 0 Å². The average molecular weight is 541 g/mol. The van der Waals surface area contributed by atoms with Crippen molar-refractivity contribution in [3.05, 3.63) is 24.4 Å². The van der Waals surface area contributed by atoms with Gasteiger partial charge >= 0.3 is 10.2 Å². The minimum atomic E-state index is -9.80. The zero-order chi connectivity index (χ0) is 25.1. The van der Waals surface area contributed by atoms with E-state index in [1.54, 1.807) is 6.20 Å². The van der Waals surface area contributed by atoms with Crippen molar-refractivity contribution < 1.29 is 28.7 Å². The summed E-state index contributed by atoms with van der Waals surface area (Å²) in [6, 6.07) is 0. The van der Waals surface area contributed by atoms with Crippen molar-refractivity contribution in [2.75, 3.05) is 41.8 Å². The van der Waals surface area contributed by atoms with E-state index in [9.17, 15) is 28.7 Å². The van der Waals surface area contributed by atoms with Gasteiger partial charge in [0.15, 0.2) is 5.82 Å². The molecule has 35 heavy (non-hydrogen) atoms. The molecule has 1 N–H and O–H groups in total. The second kappa shape index (κ2) is 7.68. The largest absolute Gasteiger partial charge is 0.394 e. The van der Waals surface area contributed by atoms with Gasteiger partial charge in [-0.1, -0.05) is 19.4 Å². The van der Waals surface area contributed by atoms with Crippen LogP contribution in [0.5, 0.6) is 0 Å². The van der Waals surface area contributed by atoms with Crippen LogP contribution in [-0.4, -0.2) is 66.8 Å². The summed E-state index contributed by atoms with van der Waals surface area (Å²) in [5, 5.41) is 10.0. The number of fused-ring (bicyclic) bond motifs is 1. The lowest BCUT2D eigenvalue weighted by molar-refractivity contribution is 0.115. The molecule has 3 aliphatic rings. The van der Waals surface area contributed by atoms with Crippen molar-refractivity contribution in [1.82, 2.24) is 19.9 Å². The monoisotopic (exact) mass is 540 g/mol. The molecule has 2 fully saturated rings. The van der Waals surface area contributed by atoms with E-state index in [1.807, 2.05) is 4.90 Å². The summed E-state index contributed by atoms with van der Waals surface area (Å²) >= 11 is 0. The molecule has 0 unspecified atom stereocenters. The highest BCUT2D eigenvalue weighted by molar-refractivity contribution is 8.45. The summed E-state index contributed by atoms with van der Waals surface area (Å²) in [5.41, 5.74) is -0.392. The molecule has 0 bridgehead atoms. The standard InChI is InChI=1S/C20H25F5N6O2S2/c21-35(22,23,24,25)15-10-26-17(27-11-15)14-2-6-30(7-3-14)19-28-12-16-18(29-19)31(8-9-34(16)33)20(13-32)4-1-5-20/h10-12,14,32H,1-9,13H2/t34-/m1/s1. The molecular weight excluding hydrogens is 515 g/mol. The summed E-state index contributed by atoms with van der Waals surface area (Å²) in [7, 11) is -11.0. The molecule has 0 radical (unpaired) electrons. The highest BCUT2D eigenvalue weighted by Gasteiger charge is 2.66. The maximum Gasteiger partial charge on any atom is 0.313 e. The van der Waals surface area contributed by atoms with Gasteiger partial charge in [0.05, 0.1) is 46.4 Å². The van der Waals surface area contributed by atoms with Gasteiger partial charge in [-0.25, -0.2) is 15.0 Å². The predicted octanol–water partition coefficient (Wildman–Crippen LogP) is 4.15. The molecule has 8 nitrogen and oxygen atoms in total. The Morgan fingerprint density at radius 1 is 1.03 bits per heavy atom. The van der Waals surface area contributed by atoms with E-state index in [4.69, 9.17) is 4.98 Å². The molecule has 15 heteroatoms. The van der Waals surface area contributed by atoms with E-state index < -0.39 is 31.5 Å². The molecule has 194 valence electrons. The number of nitrogens with zero attached hydrogens (tertiary/aromatic N) is 6. The Bertz CT molecular complexity index is 1150. The summed E-state index contributed by atoms with van der Waals surface area (Å²) in [5.74, 6) is 1.27. The number of aliphatic hydroxyl groups is 1. The molecule has 5 rings (SSSR count). The predicted molar refractivity (Wildman–Crippen MR) is 122 cm³/mol. The van der Waals surface area contributed by atoms with Crippen LogP contribution in [0.3, 0.4) is 0 Å². The van der Waals surface area contributed by atoms with E-state index in [0.29, 0.717) is 54.9 Å². The molecule has 0 amide bonds. The second-order valence-corrected chi connectivity index (χ2v) is 13.3. The first-order valence-electron chi connectivity index (χ1n) is 11.2. The molecule has 2 aromatic rings. The van der Waals surface area contributed by atoms with Crippen molar-refractivity contribution in [1.29, 1.82) is 0 Å². The fraction of sp³-hybridized carbons (Fsp3) is 0.600. The van der Waals surface area contributed by atoms with Gasteiger partial charge < -0.3 is 14.9 Å². The van der Waals surface area contributed by atoms with Gasteiger partial charge in [-0.05, 0) is 32.1 Å². The zero-order valence-corrected chi connectivity index (χ0v) is 20.3. The van der Waals surface area contributed by atoms with E-state index in [1.165, 1.54) is 0 Å². The van der Waals surface area contributed by atoms with Crippen LogP contribution < -0.4 is 9.80 Å². The molecule has 1 saturated carbocycles. The smallest absolute Gasteiger partial charge is 0.313 e. The maximum atomic E-state index is 12.9. The van der Waals surface area contributed by atoms with Crippen molar-refractivity contribution in [3.63, 3.8) is 0 Å². The van der Waals surface area contributed by atoms with Gasteiger partial charge in [-0.2, -0.15) is 4.98 Å². The molecule has 1 aliphatic carbocycles. The molecule has 0 spiro atoms. The van der Waals surface area contributed by atoms with Crippen LogP contribution >= 0.6 is 10.2 Å². The average Bonchev–Trinajstić information content (AvgIpc) is 2.79. The van der Waals surface area contributed by atoms with E-state index in [0.717, 1.165) is 19.3 Å². The normalized spacial score (nSPS) is 24.8. The Balaban J connectivity index is 1.32. The molecular formula is C20H25F5N6O2S2. The van der Waals surface area contributed by atoms with Crippen molar-refractivity contribution in [2.45, 2.75) is 53.4 Å². The first kappa shape index (κ1) is 24.6. The fourth-order valence-corrected chi connectivity index (χ4v) is 6.49. The molecule has 1 saturated heterocycles. The van der Waals surface area contributed by atoms with Gasteiger partial charge in [0.25, 0.3) is 0 Å². The summed E-state index contributed by atoms with van der Waals surface area (Å²) in [4.78, 5) is 18.7. The molecule has 1 atom stereocenters. The topological polar surface area (TPSA) is 95.3 Å². The van der Waals surface area contributed by atoms with E-state index in [2.05, 4.69) is 19.9 Å². The second-order valence-electron chi connectivity index (χ2n) is 9.30. The Kier molecular flexibility index (Phi) is 5.39. The molecule has 0 aromatic carbocycles. The van der Waals surface area contributed by atoms with Gasteiger partial charge in [-0.15, -0.1) is 0 Å². The quantitative estimate of drug-likeness (QED) is 0.566. The third kappa shape index (κ3) is 4.57. The Morgan fingerprint density at radius 2 is 1.69 bits per heavy atom. The maximum absolute atomic E-state index is 12.9. The highest BCUT2D eigenvalue weighted by atomic mass is 32.5. The summed E-state index contributed by atoms with van der Waals surface area (Å²) in [6.07, 6.45) is 5.52.